The molecule has 116 valence electrons. The number of hydrogen-bond donors (Lipinski definition) is 2. The number of nitrogens with zero attached hydrogens (tertiary/aromatic N) is 1. The lowest BCUT2D eigenvalue weighted by Crippen LogP contribution is -2.37. The first-order valence-corrected chi connectivity index (χ1v) is 6.62. The van der Waals surface area contributed by atoms with Gasteiger partial charge in [-0.3, -0.25) is 15.0 Å². The van der Waals surface area contributed by atoms with Gasteiger partial charge >= 0.3 is 6.09 Å². The molecule has 1 aromatic carbocycles. The molecule has 2 rings (SSSR count). The summed E-state index contributed by atoms with van der Waals surface area (Å²) in [6.45, 7) is -0.186. The average molecular weight is 305 g/mol. The number of rotatable bonds is 5. The first kappa shape index (κ1) is 15.5. The van der Waals surface area contributed by atoms with Crippen LogP contribution in [0.15, 0.2) is 30.3 Å². The molecule has 0 atom stereocenters. The van der Waals surface area contributed by atoms with E-state index in [0.717, 1.165) is 5.56 Å². The van der Waals surface area contributed by atoms with E-state index in [1.54, 1.807) is 0 Å². The van der Waals surface area contributed by atoms with E-state index in [4.69, 9.17) is 15.0 Å². The van der Waals surface area contributed by atoms with Gasteiger partial charge in [0.05, 0.1) is 6.54 Å². The van der Waals surface area contributed by atoms with E-state index in [1.807, 2.05) is 30.3 Å². The summed E-state index contributed by atoms with van der Waals surface area (Å²) in [7, 11) is 0. The number of imide groups is 1. The summed E-state index contributed by atoms with van der Waals surface area (Å²) in [5.74, 6) is -1.43. The largest absolute Gasteiger partial charge is 0.445 e. The molecule has 1 aliphatic rings. The van der Waals surface area contributed by atoms with Crippen molar-refractivity contribution in [2.45, 2.75) is 19.4 Å². The van der Waals surface area contributed by atoms with Gasteiger partial charge in [-0.25, -0.2) is 4.79 Å². The van der Waals surface area contributed by atoms with Crippen LogP contribution in [-0.2, 0) is 25.8 Å². The van der Waals surface area contributed by atoms with Crippen LogP contribution in [0.5, 0.6) is 0 Å². The van der Waals surface area contributed by atoms with Gasteiger partial charge < -0.3 is 14.9 Å². The molecule has 1 heterocycles. The summed E-state index contributed by atoms with van der Waals surface area (Å²) in [5.41, 5.74) is 0.831. The summed E-state index contributed by atoms with van der Waals surface area (Å²) >= 11 is 0. The second-order valence-corrected chi connectivity index (χ2v) is 4.51. The van der Waals surface area contributed by atoms with Gasteiger partial charge in [0.25, 0.3) is 11.8 Å². The first-order valence-electron chi connectivity index (χ1n) is 6.62. The molecule has 0 aliphatic carbocycles. The minimum Gasteiger partial charge on any atom is -0.445 e. The molecular formula is C14H15N3O5. The molecule has 0 saturated carbocycles. The van der Waals surface area contributed by atoms with Crippen molar-refractivity contribution in [3.05, 3.63) is 35.9 Å². The van der Waals surface area contributed by atoms with Crippen LogP contribution < -0.4 is 5.32 Å². The predicted molar refractivity (Wildman–Crippen MR) is 74.5 cm³/mol. The monoisotopic (exact) mass is 305 g/mol. The van der Waals surface area contributed by atoms with Gasteiger partial charge in [-0.1, -0.05) is 30.3 Å². The zero-order valence-corrected chi connectivity index (χ0v) is 11.7. The lowest BCUT2D eigenvalue weighted by Gasteiger charge is -2.14. The molecular weight excluding hydrogens is 290 g/mol. The van der Waals surface area contributed by atoms with Gasteiger partial charge in [0.1, 0.15) is 6.61 Å². The van der Waals surface area contributed by atoms with Crippen molar-refractivity contribution in [3.63, 3.8) is 0 Å². The summed E-state index contributed by atoms with van der Waals surface area (Å²) in [6.07, 6.45) is -0.589. The molecule has 1 aliphatic heterocycles. The van der Waals surface area contributed by atoms with E-state index in [2.05, 4.69) is 5.32 Å². The smallest absolute Gasteiger partial charge is 0.407 e. The minimum absolute atomic E-state index is 0.0681. The number of nitrogens with one attached hydrogen (secondary N) is 2. The summed E-state index contributed by atoms with van der Waals surface area (Å²) in [5, 5.41) is 10.3. The molecule has 22 heavy (non-hydrogen) atoms. The highest BCUT2D eigenvalue weighted by Gasteiger charge is 2.32. The third kappa shape index (κ3) is 4.30. The maximum atomic E-state index is 11.5. The lowest BCUT2D eigenvalue weighted by molar-refractivity contribution is -0.167. The van der Waals surface area contributed by atoms with E-state index in [1.165, 1.54) is 0 Å². The fourth-order valence-electron chi connectivity index (χ4n) is 1.73. The Balaban J connectivity index is 1.68. The average Bonchev–Trinajstić information content (AvgIpc) is 2.84. The quantitative estimate of drug-likeness (QED) is 0.478. The Bertz CT molecular complexity index is 571. The van der Waals surface area contributed by atoms with Gasteiger partial charge in [-0.2, -0.15) is 0 Å². The molecule has 0 aromatic heterocycles. The van der Waals surface area contributed by atoms with Crippen molar-refractivity contribution in [1.82, 2.24) is 10.4 Å². The van der Waals surface area contributed by atoms with Crippen LogP contribution in [0.3, 0.4) is 0 Å². The molecule has 2 N–H and O–H groups in total. The molecule has 0 bridgehead atoms. The van der Waals surface area contributed by atoms with Crippen LogP contribution in [0.2, 0.25) is 0 Å². The third-order valence-corrected chi connectivity index (χ3v) is 2.81. The SMILES string of the molecule is N=C(CNC(=O)OCc1ccccc1)ON1C(=O)CCC1=O. The topological polar surface area (TPSA) is 109 Å². The zero-order chi connectivity index (χ0) is 15.9. The fraction of sp³-hybridized carbons (Fsp3) is 0.286. The van der Waals surface area contributed by atoms with Crippen molar-refractivity contribution in [2.75, 3.05) is 6.54 Å². The van der Waals surface area contributed by atoms with Crippen LogP contribution in [0.1, 0.15) is 18.4 Å². The van der Waals surface area contributed by atoms with Crippen LogP contribution >= 0.6 is 0 Å². The number of benzene rings is 1. The van der Waals surface area contributed by atoms with Crippen LogP contribution in [0.25, 0.3) is 0 Å². The van der Waals surface area contributed by atoms with Crippen molar-refractivity contribution in [1.29, 1.82) is 5.41 Å². The predicted octanol–water partition coefficient (Wildman–Crippen LogP) is 0.971. The Kier molecular flexibility index (Phi) is 5.07. The van der Waals surface area contributed by atoms with Crippen molar-refractivity contribution in [2.24, 2.45) is 0 Å². The second-order valence-electron chi connectivity index (χ2n) is 4.51. The van der Waals surface area contributed by atoms with Gasteiger partial charge in [-0.05, 0) is 5.56 Å². The summed E-state index contributed by atoms with van der Waals surface area (Å²) in [4.78, 5) is 38.8. The Labute approximate surface area is 126 Å². The highest BCUT2D eigenvalue weighted by Crippen LogP contribution is 2.11. The zero-order valence-electron chi connectivity index (χ0n) is 11.7. The molecule has 3 amide bonds. The number of ether oxygens (including phenoxy) is 1. The Morgan fingerprint density at radius 2 is 1.82 bits per heavy atom. The van der Waals surface area contributed by atoms with Crippen molar-refractivity contribution in [3.8, 4) is 0 Å². The summed E-state index contributed by atoms with van der Waals surface area (Å²) in [6, 6.07) is 9.11. The molecule has 1 fully saturated rings. The summed E-state index contributed by atoms with van der Waals surface area (Å²) < 4.78 is 4.94. The third-order valence-electron chi connectivity index (χ3n) is 2.81. The Hall–Kier alpha value is -2.90. The Morgan fingerprint density at radius 3 is 2.45 bits per heavy atom. The second kappa shape index (κ2) is 7.21. The highest BCUT2D eigenvalue weighted by molar-refractivity contribution is 6.01. The van der Waals surface area contributed by atoms with Crippen LogP contribution in [0.4, 0.5) is 4.79 Å². The van der Waals surface area contributed by atoms with E-state index in [-0.39, 0.29) is 26.0 Å². The maximum Gasteiger partial charge on any atom is 0.407 e. The number of carbonyl (C=O) groups is 3. The lowest BCUT2D eigenvalue weighted by atomic mass is 10.2. The molecule has 8 heteroatoms. The molecule has 0 unspecified atom stereocenters. The molecule has 8 nitrogen and oxygen atoms in total. The van der Waals surface area contributed by atoms with E-state index < -0.39 is 23.8 Å². The molecule has 1 saturated heterocycles. The maximum absolute atomic E-state index is 11.5. The van der Waals surface area contributed by atoms with Gasteiger partial charge in [0, 0.05) is 12.8 Å². The first-order chi connectivity index (χ1) is 10.6. The highest BCUT2D eigenvalue weighted by atomic mass is 16.7. The molecule has 0 spiro atoms. The Morgan fingerprint density at radius 1 is 1.18 bits per heavy atom. The molecule has 1 aromatic rings. The number of alkyl carbamates (subject to hydrolysis) is 1. The minimum atomic E-state index is -0.726. The van der Waals surface area contributed by atoms with Crippen molar-refractivity contribution < 1.29 is 24.0 Å². The number of hydrogen-bond acceptors (Lipinski definition) is 6. The normalized spacial score (nSPS) is 13.9. The van der Waals surface area contributed by atoms with Gasteiger partial charge in [0.15, 0.2) is 0 Å². The number of carbonyl (C=O) groups excluding carboxylic acids is 3. The number of amides is 3. The van der Waals surface area contributed by atoms with Gasteiger partial charge in [0.2, 0.25) is 5.90 Å². The van der Waals surface area contributed by atoms with Gasteiger partial charge in [-0.15, -0.1) is 5.06 Å². The fourth-order valence-corrected chi connectivity index (χ4v) is 1.73. The van der Waals surface area contributed by atoms with E-state index in [9.17, 15) is 14.4 Å². The van der Waals surface area contributed by atoms with E-state index >= 15 is 0 Å². The standard InChI is InChI=1S/C14H15N3O5/c15-11(22-17-12(18)6-7-13(17)19)8-16-14(20)21-9-10-4-2-1-3-5-10/h1-5,15H,6-9H2,(H,16,20). The number of hydroxylamine groups is 2. The van der Waals surface area contributed by atoms with Crippen LogP contribution in [-0.4, -0.2) is 35.4 Å². The van der Waals surface area contributed by atoms with Crippen LogP contribution in [0, 0.1) is 5.41 Å². The van der Waals surface area contributed by atoms with Crippen molar-refractivity contribution >= 4 is 23.8 Å². The van der Waals surface area contributed by atoms with E-state index in [0.29, 0.717) is 5.06 Å². The molecule has 0 radical (unpaired) electrons.